The summed E-state index contributed by atoms with van der Waals surface area (Å²) in [6.07, 6.45) is 1.92. The number of nitrogens with zero attached hydrogens (tertiary/aromatic N) is 1. The third kappa shape index (κ3) is 3.80. The van der Waals surface area contributed by atoms with Crippen LogP contribution < -0.4 is 9.64 Å². The van der Waals surface area contributed by atoms with Gasteiger partial charge in [-0.15, -0.1) is 0 Å². The van der Waals surface area contributed by atoms with Crippen LogP contribution in [0.2, 0.25) is 0 Å². The second-order valence-corrected chi connectivity index (χ2v) is 14.1. The van der Waals surface area contributed by atoms with Crippen molar-refractivity contribution in [1.82, 2.24) is 0 Å². The first-order valence-corrected chi connectivity index (χ1v) is 17.9. The van der Waals surface area contributed by atoms with Crippen molar-refractivity contribution in [1.29, 1.82) is 0 Å². The highest BCUT2D eigenvalue weighted by Crippen LogP contribution is 2.64. The highest BCUT2D eigenvalue weighted by atomic mass is 16.5. The fourth-order valence-electron chi connectivity index (χ4n) is 9.09. The zero-order valence-corrected chi connectivity index (χ0v) is 28.9. The summed E-state index contributed by atoms with van der Waals surface area (Å²) in [6.45, 7) is 4.31. The molecule has 1 spiro atoms. The molecule has 52 heavy (non-hydrogen) atoms. The highest BCUT2D eigenvalue weighted by Gasteiger charge is 2.51. The summed E-state index contributed by atoms with van der Waals surface area (Å²) >= 11 is 0. The van der Waals surface area contributed by atoms with Crippen molar-refractivity contribution < 1.29 is 9.15 Å². The molecule has 8 aromatic carbocycles. The number of hydrogen-bond acceptors (Lipinski definition) is 3. The first kappa shape index (κ1) is 29.2. The number of rotatable bonds is 3. The van der Waals surface area contributed by atoms with Gasteiger partial charge in [0.15, 0.2) is 5.75 Å². The Morgan fingerprint density at radius 2 is 1.08 bits per heavy atom. The van der Waals surface area contributed by atoms with Crippen LogP contribution >= 0.6 is 0 Å². The maximum absolute atomic E-state index is 7.21. The lowest BCUT2D eigenvalue weighted by Gasteiger charge is -2.41. The van der Waals surface area contributed by atoms with Crippen LogP contribution in [0.3, 0.4) is 0 Å². The summed E-state index contributed by atoms with van der Waals surface area (Å²) in [4.78, 5) is 2.38. The molecule has 11 rings (SSSR count). The van der Waals surface area contributed by atoms with Gasteiger partial charge in [-0.3, -0.25) is 0 Å². The van der Waals surface area contributed by atoms with Crippen molar-refractivity contribution in [2.75, 3.05) is 4.90 Å². The summed E-state index contributed by atoms with van der Waals surface area (Å²) < 4.78 is 13.6. The highest BCUT2D eigenvalue weighted by molar-refractivity contribution is 6.16. The van der Waals surface area contributed by atoms with Gasteiger partial charge in [-0.05, 0) is 93.7 Å². The fourth-order valence-corrected chi connectivity index (χ4v) is 9.09. The zero-order chi connectivity index (χ0) is 34.6. The van der Waals surface area contributed by atoms with E-state index in [9.17, 15) is 0 Å². The zero-order valence-electron chi connectivity index (χ0n) is 28.9. The van der Waals surface area contributed by atoms with Gasteiger partial charge < -0.3 is 14.1 Å². The molecule has 0 N–H and O–H groups in total. The summed E-state index contributed by atoms with van der Waals surface area (Å²) in [5.41, 5.74) is 13.0. The molecule has 0 fully saturated rings. The van der Waals surface area contributed by atoms with E-state index in [-0.39, 0.29) is 0 Å². The molecule has 2 heterocycles. The van der Waals surface area contributed by atoms with Gasteiger partial charge in [0.1, 0.15) is 17.6 Å². The molecule has 9 aromatic rings. The van der Waals surface area contributed by atoms with Crippen molar-refractivity contribution in [3.8, 4) is 22.6 Å². The third-order valence-electron chi connectivity index (χ3n) is 11.5. The lowest BCUT2D eigenvalue weighted by molar-refractivity contribution is 0.437. The Bertz CT molecular complexity index is 2890. The van der Waals surface area contributed by atoms with Crippen LogP contribution in [0.1, 0.15) is 33.4 Å². The lowest BCUT2D eigenvalue weighted by atomic mass is 9.66. The Labute approximate surface area is 302 Å². The summed E-state index contributed by atoms with van der Waals surface area (Å²) in [7, 11) is 0. The molecule has 2 aliphatic rings. The SMILES string of the molecule is Cc1cc2occ(N(c3cccc4c3Oc3ccccc3C43c4ccccc4-c4ccccc43)c3cc4ccccc4c4ccccc34)c2cc1C. The number of anilines is 3. The van der Waals surface area contributed by atoms with Gasteiger partial charge in [0, 0.05) is 21.9 Å². The fraction of sp³-hybridized carbons (Fsp3) is 0.0612. The van der Waals surface area contributed by atoms with E-state index in [2.05, 4.69) is 176 Å². The lowest BCUT2D eigenvalue weighted by Crippen LogP contribution is -2.32. The molecule has 0 amide bonds. The van der Waals surface area contributed by atoms with Crippen LogP contribution in [0, 0.1) is 13.8 Å². The molecular weight excluding hydrogens is 635 g/mol. The first-order valence-electron chi connectivity index (χ1n) is 17.9. The molecule has 1 aliphatic carbocycles. The molecule has 0 atom stereocenters. The Balaban J connectivity index is 1.28. The number of benzene rings is 8. The number of hydrogen-bond donors (Lipinski definition) is 0. The molecule has 0 radical (unpaired) electrons. The maximum atomic E-state index is 7.21. The standard InChI is InChI=1S/C49H33NO2/c1-30-26-38-45(29-51-47(38)27-31(30)2)50(44-28-32-14-3-4-15-33(32)34-16-5-6-19-37(34)44)43-24-13-23-42-48(43)52-46-25-12-11-22-41(46)49(42)39-20-9-7-17-35(39)36-18-8-10-21-40(36)49/h3-29H,1-2H3. The van der Waals surface area contributed by atoms with Crippen LogP contribution in [-0.2, 0) is 5.41 Å². The number of para-hydroxylation sites is 2. The van der Waals surface area contributed by atoms with E-state index in [1.807, 2.05) is 6.26 Å². The number of aryl methyl sites for hydroxylation is 2. The molecule has 0 bridgehead atoms. The smallest absolute Gasteiger partial charge is 0.156 e. The first-order chi connectivity index (χ1) is 25.6. The predicted molar refractivity (Wildman–Crippen MR) is 213 cm³/mol. The van der Waals surface area contributed by atoms with Gasteiger partial charge in [-0.1, -0.05) is 127 Å². The average Bonchev–Trinajstić information content (AvgIpc) is 3.72. The molecule has 0 saturated heterocycles. The van der Waals surface area contributed by atoms with Crippen molar-refractivity contribution in [3.05, 3.63) is 197 Å². The van der Waals surface area contributed by atoms with Crippen LogP contribution in [0.5, 0.6) is 11.5 Å². The summed E-state index contributed by atoms with van der Waals surface area (Å²) in [5, 5.41) is 5.81. The Hall–Kier alpha value is -6.58. The van der Waals surface area contributed by atoms with E-state index in [0.29, 0.717) is 0 Å². The monoisotopic (exact) mass is 667 g/mol. The van der Waals surface area contributed by atoms with Crippen molar-refractivity contribution in [3.63, 3.8) is 0 Å². The van der Waals surface area contributed by atoms with Gasteiger partial charge in [0.2, 0.25) is 0 Å². The third-order valence-corrected chi connectivity index (χ3v) is 11.5. The van der Waals surface area contributed by atoms with Crippen LogP contribution in [-0.4, -0.2) is 0 Å². The van der Waals surface area contributed by atoms with Gasteiger partial charge in [-0.25, -0.2) is 0 Å². The number of fused-ring (bicyclic) bond motifs is 13. The minimum absolute atomic E-state index is 0.573. The molecule has 0 unspecified atom stereocenters. The van der Waals surface area contributed by atoms with E-state index in [1.54, 1.807) is 0 Å². The van der Waals surface area contributed by atoms with Gasteiger partial charge in [0.05, 0.1) is 22.5 Å². The molecular formula is C49H33NO2. The van der Waals surface area contributed by atoms with Crippen molar-refractivity contribution >= 4 is 49.6 Å². The van der Waals surface area contributed by atoms with Gasteiger partial charge >= 0.3 is 0 Å². The summed E-state index contributed by atoms with van der Waals surface area (Å²) in [6, 6.07) is 57.2. The molecule has 1 aromatic heterocycles. The number of furan rings is 1. The second-order valence-electron chi connectivity index (χ2n) is 14.1. The van der Waals surface area contributed by atoms with E-state index in [0.717, 1.165) is 56.0 Å². The minimum atomic E-state index is -0.573. The van der Waals surface area contributed by atoms with E-state index in [1.165, 1.54) is 49.5 Å². The molecule has 0 saturated carbocycles. The van der Waals surface area contributed by atoms with E-state index >= 15 is 0 Å². The molecule has 1 aliphatic heterocycles. The Morgan fingerprint density at radius 3 is 1.87 bits per heavy atom. The van der Waals surface area contributed by atoms with E-state index < -0.39 is 5.41 Å². The maximum Gasteiger partial charge on any atom is 0.156 e. The quantitative estimate of drug-likeness (QED) is 0.175. The van der Waals surface area contributed by atoms with Crippen LogP contribution in [0.25, 0.3) is 43.6 Å². The van der Waals surface area contributed by atoms with Crippen molar-refractivity contribution in [2.45, 2.75) is 19.3 Å². The summed E-state index contributed by atoms with van der Waals surface area (Å²) in [5.74, 6) is 1.70. The topological polar surface area (TPSA) is 25.6 Å². The van der Waals surface area contributed by atoms with Crippen molar-refractivity contribution in [2.24, 2.45) is 0 Å². The van der Waals surface area contributed by atoms with Crippen LogP contribution in [0.4, 0.5) is 17.1 Å². The predicted octanol–water partition coefficient (Wildman–Crippen LogP) is 13.3. The Kier molecular flexibility index (Phi) is 6.01. The Morgan fingerprint density at radius 1 is 0.462 bits per heavy atom. The van der Waals surface area contributed by atoms with Crippen LogP contribution in [0.15, 0.2) is 168 Å². The average molecular weight is 668 g/mol. The van der Waals surface area contributed by atoms with Gasteiger partial charge in [-0.2, -0.15) is 0 Å². The molecule has 246 valence electrons. The second kappa shape index (κ2) is 10.7. The minimum Gasteiger partial charge on any atom is -0.462 e. The molecule has 3 heteroatoms. The largest absolute Gasteiger partial charge is 0.462 e. The number of ether oxygens (including phenoxy) is 1. The van der Waals surface area contributed by atoms with E-state index in [4.69, 9.17) is 9.15 Å². The van der Waals surface area contributed by atoms with Gasteiger partial charge in [0.25, 0.3) is 0 Å². The normalized spacial score (nSPS) is 13.5. The molecule has 3 nitrogen and oxygen atoms in total.